The van der Waals surface area contributed by atoms with Crippen LogP contribution in [0, 0.1) is 11.8 Å². The van der Waals surface area contributed by atoms with Gasteiger partial charge in [0.2, 0.25) is 0 Å². The highest BCUT2D eigenvalue weighted by atomic mass is 16.3. The number of hydrogen-bond donors (Lipinski definition) is 2. The zero-order valence-electron chi connectivity index (χ0n) is 14.7. The van der Waals surface area contributed by atoms with Crippen LogP contribution in [0.25, 0.3) is 0 Å². The molecule has 2 fully saturated rings. The molecule has 128 valence electrons. The van der Waals surface area contributed by atoms with Gasteiger partial charge in [-0.2, -0.15) is 0 Å². The number of nitrogens with one attached hydrogen (secondary N) is 1. The zero-order chi connectivity index (χ0) is 16.2. The fourth-order valence-corrected chi connectivity index (χ4v) is 3.83. The molecule has 2 N–H and O–H groups in total. The van der Waals surface area contributed by atoms with Crippen molar-refractivity contribution in [3.05, 3.63) is 35.4 Å². The van der Waals surface area contributed by atoms with Crippen molar-refractivity contribution in [2.24, 2.45) is 11.8 Å². The van der Waals surface area contributed by atoms with Crippen LogP contribution in [0.15, 0.2) is 24.3 Å². The predicted molar refractivity (Wildman–Crippen MR) is 95.1 cm³/mol. The molecule has 0 amide bonds. The smallest absolute Gasteiger partial charge is 0.0564 e. The third-order valence-corrected chi connectivity index (χ3v) is 5.45. The first-order valence-corrected chi connectivity index (χ1v) is 9.34. The van der Waals surface area contributed by atoms with E-state index in [1.165, 1.54) is 24.0 Å². The van der Waals surface area contributed by atoms with Crippen molar-refractivity contribution in [2.75, 3.05) is 13.1 Å². The van der Waals surface area contributed by atoms with Crippen molar-refractivity contribution < 1.29 is 5.11 Å². The van der Waals surface area contributed by atoms with Gasteiger partial charge in [0.25, 0.3) is 0 Å². The summed E-state index contributed by atoms with van der Waals surface area (Å²) >= 11 is 0. The topological polar surface area (TPSA) is 35.5 Å². The third-order valence-electron chi connectivity index (χ3n) is 5.45. The molecule has 3 heteroatoms. The van der Waals surface area contributed by atoms with E-state index in [-0.39, 0.29) is 6.10 Å². The fourth-order valence-electron chi connectivity index (χ4n) is 3.83. The molecule has 1 atom stereocenters. The highest BCUT2D eigenvalue weighted by molar-refractivity contribution is 5.27. The van der Waals surface area contributed by atoms with E-state index in [4.69, 9.17) is 0 Å². The normalized spacial score (nSPS) is 21.7. The van der Waals surface area contributed by atoms with Crippen molar-refractivity contribution >= 4 is 0 Å². The molecular weight excluding hydrogens is 284 g/mol. The number of aliphatic hydroxyl groups excluding tert-OH is 1. The zero-order valence-corrected chi connectivity index (χ0v) is 14.7. The molecular formula is C20H32N2O. The van der Waals surface area contributed by atoms with E-state index in [0.717, 1.165) is 44.9 Å². The molecule has 3 rings (SSSR count). The monoisotopic (exact) mass is 316 g/mol. The van der Waals surface area contributed by atoms with Gasteiger partial charge in [0.1, 0.15) is 0 Å². The number of rotatable bonds is 7. The van der Waals surface area contributed by atoms with Gasteiger partial charge in [-0.1, -0.05) is 38.1 Å². The lowest BCUT2D eigenvalue weighted by Gasteiger charge is -2.30. The fraction of sp³-hybridized carbons (Fsp3) is 0.700. The highest BCUT2D eigenvalue weighted by Crippen LogP contribution is 2.35. The second-order valence-corrected chi connectivity index (χ2v) is 7.76. The lowest BCUT2D eigenvalue weighted by Crippen LogP contribution is -2.37. The van der Waals surface area contributed by atoms with Crippen molar-refractivity contribution in [1.82, 2.24) is 10.2 Å². The second-order valence-electron chi connectivity index (χ2n) is 7.76. The summed E-state index contributed by atoms with van der Waals surface area (Å²) in [5.41, 5.74) is 2.87. The number of aliphatic hydroxyl groups is 1. The Morgan fingerprint density at radius 2 is 1.74 bits per heavy atom. The van der Waals surface area contributed by atoms with Crippen LogP contribution in [0.2, 0.25) is 0 Å². The first-order valence-electron chi connectivity index (χ1n) is 9.34. The Balaban J connectivity index is 1.59. The van der Waals surface area contributed by atoms with Gasteiger partial charge in [-0.25, -0.2) is 0 Å². The molecule has 1 heterocycles. The number of benzene rings is 1. The van der Waals surface area contributed by atoms with Crippen LogP contribution >= 0.6 is 0 Å². The number of likely N-dealkylation sites (tertiary alicyclic amines) is 1. The summed E-state index contributed by atoms with van der Waals surface area (Å²) < 4.78 is 0. The van der Waals surface area contributed by atoms with Crippen molar-refractivity contribution in [2.45, 2.75) is 64.8 Å². The molecule has 0 bridgehead atoms. The molecule has 1 aliphatic carbocycles. The highest BCUT2D eigenvalue weighted by Gasteiger charge is 2.32. The van der Waals surface area contributed by atoms with E-state index < -0.39 is 0 Å². The molecule has 23 heavy (non-hydrogen) atoms. The van der Waals surface area contributed by atoms with Crippen LogP contribution in [-0.2, 0) is 13.1 Å². The van der Waals surface area contributed by atoms with Crippen LogP contribution in [0.1, 0.15) is 50.7 Å². The second kappa shape index (κ2) is 7.78. The van der Waals surface area contributed by atoms with E-state index in [2.05, 4.69) is 48.3 Å². The Hall–Kier alpha value is -0.900. The molecule has 2 aliphatic rings. The van der Waals surface area contributed by atoms with Crippen molar-refractivity contribution in [3.63, 3.8) is 0 Å². The third kappa shape index (κ3) is 4.79. The number of piperidine rings is 1. The van der Waals surface area contributed by atoms with Gasteiger partial charge >= 0.3 is 0 Å². The van der Waals surface area contributed by atoms with Crippen LogP contribution in [0.5, 0.6) is 0 Å². The van der Waals surface area contributed by atoms with Crippen LogP contribution in [0.3, 0.4) is 0 Å². The Kier molecular flexibility index (Phi) is 5.73. The van der Waals surface area contributed by atoms with Crippen LogP contribution in [-0.4, -0.2) is 35.2 Å². The first-order chi connectivity index (χ1) is 11.1. The lowest BCUT2D eigenvalue weighted by atomic mass is 9.98. The molecule has 1 aromatic carbocycles. The summed E-state index contributed by atoms with van der Waals surface area (Å²) in [6.07, 6.45) is 4.53. The standard InChI is InChI=1S/C20H32N2O/c1-15(2)20(16-7-8-16)21-13-17-5-3-4-6-18(17)14-22-11-9-19(23)10-12-22/h3-6,15-16,19-21,23H,7-14H2,1-2H3. The SMILES string of the molecule is CC(C)C(NCc1ccccc1CN1CCC(O)CC1)C1CC1. The molecule has 0 spiro atoms. The van der Waals surface area contributed by atoms with Gasteiger partial charge in [0.15, 0.2) is 0 Å². The molecule has 1 saturated heterocycles. The van der Waals surface area contributed by atoms with Gasteiger partial charge in [-0.05, 0) is 48.6 Å². The molecule has 1 aliphatic heterocycles. The maximum atomic E-state index is 9.67. The maximum Gasteiger partial charge on any atom is 0.0564 e. The van der Waals surface area contributed by atoms with E-state index >= 15 is 0 Å². The summed E-state index contributed by atoms with van der Waals surface area (Å²) in [6, 6.07) is 9.50. The molecule has 1 unspecified atom stereocenters. The average molecular weight is 316 g/mol. The summed E-state index contributed by atoms with van der Waals surface area (Å²) in [6.45, 7) is 8.69. The Bertz CT molecular complexity index is 488. The average Bonchev–Trinajstić information content (AvgIpc) is 3.36. The van der Waals surface area contributed by atoms with E-state index in [9.17, 15) is 5.11 Å². The van der Waals surface area contributed by atoms with Gasteiger partial charge in [0, 0.05) is 32.2 Å². The minimum absolute atomic E-state index is 0.0893. The molecule has 1 aromatic rings. The number of nitrogens with zero attached hydrogens (tertiary/aromatic N) is 1. The lowest BCUT2D eigenvalue weighted by molar-refractivity contribution is 0.0791. The van der Waals surface area contributed by atoms with Gasteiger partial charge in [-0.3, -0.25) is 4.90 Å². The molecule has 0 radical (unpaired) electrons. The Labute approximate surface area is 141 Å². The molecule has 0 aromatic heterocycles. The Morgan fingerprint density at radius 1 is 1.09 bits per heavy atom. The molecule has 3 nitrogen and oxygen atoms in total. The first kappa shape index (κ1) is 16.9. The summed E-state index contributed by atoms with van der Waals surface area (Å²) in [7, 11) is 0. The molecule has 1 saturated carbocycles. The van der Waals surface area contributed by atoms with E-state index in [1.807, 2.05) is 0 Å². The maximum absolute atomic E-state index is 9.67. The largest absolute Gasteiger partial charge is 0.393 e. The van der Waals surface area contributed by atoms with Crippen LogP contribution < -0.4 is 5.32 Å². The minimum Gasteiger partial charge on any atom is -0.393 e. The minimum atomic E-state index is -0.0893. The summed E-state index contributed by atoms with van der Waals surface area (Å²) in [5.74, 6) is 1.60. The van der Waals surface area contributed by atoms with Gasteiger partial charge in [-0.15, -0.1) is 0 Å². The summed E-state index contributed by atoms with van der Waals surface area (Å²) in [4.78, 5) is 2.48. The van der Waals surface area contributed by atoms with Crippen molar-refractivity contribution in [3.8, 4) is 0 Å². The quantitative estimate of drug-likeness (QED) is 0.811. The van der Waals surface area contributed by atoms with Crippen molar-refractivity contribution in [1.29, 1.82) is 0 Å². The summed E-state index contributed by atoms with van der Waals surface area (Å²) in [5, 5.41) is 13.5. The van der Waals surface area contributed by atoms with Gasteiger partial charge < -0.3 is 10.4 Å². The van der Waals surface area contributed by atoms with E-state index in [0.29, 0.717) is 12.0 Å². The number of hydrogen-bond acceptors (Lipinski definition) is 3. The predicted octanol–water partition coefficient (Wildman–Crippen LogP) is 3.17. The van der Waals surface area contributed by atoms with E-state index in [1.54, 1.807) is 0 Å². The van der Waals surface area contributed by atoms with Crippen LogP contribution in [0.4, 0.5) is 0 Å². The van der Waals surface area contributed by atoms with Gasteiger partial charge in [0.05, 0.1) is 6.10 Å². The Morgan fingerprint density at radius 3 is 2.35 bits per heavy atom.